The number of rotatable bonds is 5. The first-order chi connectivity index (χ1) is 14.1. The number of aryl methyl sites for hydroxylation is 1. The van der Waals surface area contributed by atoms with E-state index in [0.717, 1.165) is 17.8 Å². The van der Waals surface area contributed by atoms with E-state index < -0.39 is 28.6 Å². The quantitative estimate of drug-likeness (QED) is 0.657. The van der Waals surface area contributed by atoms with Crippen molar-refractivity contribution in [2.45, 2.75) is 24.5 Å². The van der Waals surface area contributed by atoms with E-state index in [9.17, 15) is 22.2 Å². The molecule has 0 aliphatic rings. The summed E-state index contributed by atoms with van der Waals surface area (Å²) in [6.45, 7) is 1.91. The van der Waals surface area contributed by atoms with Crippen LogP contribution in [0.3, 0.4) is 0 Å². The smallest absolute Gasteiger partial charge is 0.348 e. The molecule has 1 N–H and O–H groups in total. The molecular formula is C21H18F3N3O2S. The zero-order valence-corrected chi connectivity index (χ0v) is 17.0. The van der Waals surface area contributed by atoms with Crippen LogP contribution in [0.5, 0.6) is 0 Å². The van der Waals surface area contributed by atoms with Gasteiger partial charge < -0.3 is 5.32 Å². The Morgan fingerprint density at radius 2 is 1.83 bits per heavy atom. The van der Waals surface area contributed by atoms with Gasteiger partial charge in [0.05, 0.1) is 5.69 Å². The van der Waals surface area contributed by atoms with Crippen molar-refractivity contribution in [2.75, 3.05) is 6.26 Å². The maximum absolute atomic E-state index is 12.6. The number of hydrogen-bond acceptors (Lipinski definition) is 4. The largest absolute Gasteiger partial charge is 0.433 e. The van der Waals surface area contributed by atoms with Crippen LogP contribution in [0.15, 0.2) is 59.8 Å². The van der Waals surface area contributed by atoms with Gasteiger partial charge in [-0.2, -0.15) is 13.2 Å². The Kier molecular flexibility index (Phi) is 6.31. The van der Waals surface area contributed by atoms with Gasteiger partial charge in [-0.05, 0) is 48.4 Å². The van der Waals surface area contributed by atoms with Gasteiger partial charge in [-0.15, -0.1) is 0 Å². The normalized spacial score (nSPS) is 12.4. The predicted molar refractivity (Wildman–Crippen MR) is 107 cm³/mol. The van der Waals surface area contributed by atoms with Gasteiger partial charge in [0, 0.05) is 52.0 Å². The van der Waals surface area contributed by atoms with Crippen molar-refractivity contribution < 1.29 is 22.2 Å². The molecule has 156 valence electrons. The summed E-state index contributed by atoms with van der Waals surface area (Å²) in [5.74, 6) is -0.449. The Labute approximate surface area is 173 Å². The lowest BCUT2D eigenvalue weighted by Crippen LogP contribution is -2.23. The lowest BCUT2D eigenvalue weighted by molar-refractivity contribution is -0.141. The van der Waals surface area contributed by atoms with Gasteiger partial charge >= 0.3 is 6.18 Å². The van der Waals surface area contributed by atoms with E-state index in [1.165, 1.54) is 18.4 Å². The molecule has 5 nitrogen and oxygen atoms in total. The fourth-order valence-electron chi connectivity index (χ4n) is 2.66. The standard InChI is InChI=1S/C21H18F3N3O2S/c1-13-3-5-18(25-10-13)15-7-16(9-17(8-15)30(2)29)20(28)27-12-14-4-6-19(26-11-14)21(22,23)24/h3-11H,12H2,1-2H3,(H,27,28). The molecule has 0 saturated carbocycles. The van der Waals surface area contributed by atoms with E-state index in [0.29, 0.717) is 21.7 Å². The average Bonchev–Trinajstić information content (AvgIpc) is 2.71. The van der Waals surface area contributed by atoms with E-state index in [2.05, 4.69) is 15.3 Å². The molecule has 3 rings (SSSR count). The number of nitrogens with one attached hydrogen (secondary N) is 1. The molecule has 3 aromatic rings. The van der Waals surface area contributed by atoms with Gasteiger partial charge in [0.2, 0.25) is 0 Å². The molecule has 1 amide bonds. The molecule has 1 aromatic carbocycles. The topological polar surface area (TPSA) is 72.0 Å². The van der Waals surface area contributed by atoms with Crippen molar-refractivity contribution >= 4 is 16.7 Å². The summed E-state index contributed by atoms with van der Waals surface area (Å²) in [4.78, 5) is 20.8. The van der Waals surface area contributed by atoms with E-state index in [1.54, 1.807) is 18.3 Å². The van der Waals surface area contributed by atoms with Crippen molar-refractivity contribution in [1.29, 1.82) is 0 Å². The predicted octanol–water partition coefficient (Wildman–Crippen LogP) is 4.14. The summed E-state index contributed by atoms with van der Waals surface area (Å²) in [6.07, 6.45) is -0.236. The first-order valence-electron chi connectivity index (χ1n) is 8.85. The van der Waals surface area contributed by atoms with Gasteiger partial charge in [-0.25, -0.2) is 0 Å². The van der Waals surface area contributed by atoms with Crippen LogP contribution < -0.4 is 5.32 Å². The average molecular weight is 433 g/mol. The van der Waals surface area contributed by atoms with Crippen molar-refractivity contribution in [2.24, 2.45) is 0 Å². The van der Waals surface area contributed by atoms with Crippen LogP contribution in [-0.2, 0) is 23.5 Å². The molecule has 0 saturated heterocycles. The lowest BCUT2D eigenvalue weighted by atomic mass is 10.1. The van der Waals surface area contributed by atoms with Crippen molar-refractivity contribution in [3.8, 4) is 11.3 Å². The van der Waals surface area contributed by atoms with E-state index in [-0.39, 0.29) is 12.1 Å². The zero-order valence-electron chi connectivity index (χ0n) is 16.2. The van der Waals surface area contributed by atoms with E-state index in [1.807, 2.05) is 19.1 Å². The molecule has 9 heteroatoms. The highest BCUT2D eigenvalue weighted by molar-refractivity contribution is 7.84. The molecule has 2 heterocycles. The summed E-state index contributed by atoms with van der Waals surface area (Å²) in [5, 5.41) is 2.65. The fraction of sp³-hybridized carbons (Fsp3) is 0.190. The van der Waals surface area contributed by atoms with Gasteiger partial charge in [-0.3, -0.25) is 19.0 Å². The van der Waals surface area contributed by atoms with Crippen molar-refractivity contribution in [3.63, 3.8) is 0 Å². The van der Waals surface area contributed by atoms with Crippen LogP contribution in [0, 0.1) is 6.92 Å². The van der Waals surface area contributed by atoms with Crippen LogP contribution in [-0.4, -0.2) is 26.3 Å². The summed E-state index contributed by atoms with van der Waals surface area (Å²) >= 11 is 0. The van der Waals surface area contributed by atoms with Gasteiger partial charge in [0.15, 0.2) is 0 Å². The molecule has 1 atom stereocenters. The number of pyridine rings is 2. The molecule has 0 spiro atoms. The van der Waals surface area contributed by atoms with Crippen LogP contribution in [0.2, 0.25) is 0 Å². The maximum Gasteiger partial charge on any atom is 0.433 e. The Morgan fingerprint density at radius 1 is 1.07 bits per heavy atom. The van der Waals surface area contributed by atoms with Crippen LogP contribution in [0.4, 0.5) is 13.2 Å². The number of carbonyl (C=O) groups is 1. The first-order valence-corrected chi connectivity index (χ1v) is 10.4. The minimum atomic E-state index is -4.52. The highest BCUT2D eigenvalue weighted by Gasteiger charge is 2.32. The third kappa shape index (κ3) is 5.29. The zero-order chi connectivity index (χ0) is 21.9. The molecule has 30 heavy (non-hydrogen) atoms. The molecule has 0 aliphatic carbocycles. The van der Waals surface area contributed by atoms with Crippen LogP contribution >= 0.6 is 0 Å². The number of nitrogens with zero attached hydrogens (tertiary/aromatic N) is 2. The lowest BCUT2D eigenvalue weighted by Gasteiger charge is -2.10. The minimum Gasteiger partial charge on any atom is -0.348 e. The third-order valence-corrected chi connectivity index (χ3v) is 5.18. The van der Waals surface area contributed by atoms with E-state index in [4.69, 9.17) is 0 Å². The second kappa shape index (κ2) is 8.74. The van der Waals surface area contributed by atoms with Crippen molar-refractivity contribution in [1.82, 2.24) is 15.3 Å². The number of carbonyl (C=O) groups excluding carboxylic acids is 1. The SMILES string of the molecule is Cc1ccc(-c2cc(C(=O)NCc3ccc(C(F)(F)F)nc3)cc(S(C)=O)c2)nc1. The summed E-state index contributed by atoms with van der Waals surface area (Å²) in [5.41, 5.74) is 1.97. The number of amides is 1. The Balaban J connectivity index is 1.81. The monoisotopic (exact) mass is 433 g/mol. The third-order valence-electron chi connectivity index (χ3n) is 4.28. The number of aromatic nitrogens is 2. The fourth-order valence-corrected chi connectivity index (χ4v) is 3.25. The maximum atomic E-state index is 12.6. The Hall–Kier alpha value is -3.07. The Morgan fingerprint density at radius 3 is 2.40 bits per heavy atom. The van der Waals surface area contributed by atoms with Gasteiger partial charge in [0.25, 0.3) is 5.91 Å². The summed E-state index contributed by atoms with van der Waals surface area (Å²) in [6, 6.07) is 10.7. The first kappa shape index (κ1) is 21.6. The molecule has 0 radical (unpaired) electrons. The summed E-state index contributed by atoms with van der Waals surface area (Å²) < 4.78 is 49.8. The molecule has 0 bridgehead atoms. The Bertz CT molecular complexity index is 1080. The van der Waals surface area contributed by atoms with E-state index >= 15 is 0 Å². The second-order valence-corrected chi connectivity index (χ2v) is 8.03. The number of hydrogen-bond donors (Lipinski definition) is 1. The highest BCUT2D eigenvalue weighted by atomic mass is 32.2. The molecular weight excluding hydrogens is 415 g/mol. The summed E-state index contributed by atoms with van der Waals surface area (Å²) in [7, 11) is -1.32. The van der Waals surface area contributed by atoms with Gasteiger partial charge in [-0.1, -0.05) is 12.1 Å². The van der Waals surface area contributed by atoms with Crippen LogP contribution in [0.25, 0.3) is 11.3 Å². The van der Waals surface area contributed by atoms with Gasteiger partial charge in [0.1, 0.15) is 5.69 Å². The number of benzene rings is 1. The van der Waals surface area contributed by atoms with Crippen molar-refractivity contribution in [3.05, 3.63) is 77.2 Å². The second-order valence-electron chi connectivity index (χ2n) is 6.65. The van der Waals surface area contributed by atoms with Crippen LogP contribution in [0.1, 0.15) is 27.2 Å². The number of alkyl halides is 3. The molecule has 0 fully saturated rings. The number of halogens is 3. The highest BCUT2D eigenvalue weighted by Crippen LogP contribution is 2.27. The minimum absolute atomic E-state index is 0.00152. The molecule has 1 unspecified atom stereocenters. The molecule has 2 aromatic heterocycles. The molecule has 0 aliphatic heterocycles.